The van der Waals surface area contributed by atoms with Gasteiger partial charge in [0.25, 0.3) is 0 Å². The number of Topliss-reactive ketones (excluding diaryl/α,β-unsaturated/α-hetero) is 1. The summed E-state index contributed by atoms with van der Waals surface area (Å²) in [6, 6.07) is 12.3. The van der Waals surface area contributed by atoms with E-state index in [1.807, 2.05) is 6.92 Å². The first kappa shape index (κ1) is 20.8. The molecule has 3 rings (SSSR count). The average molecular weight is 412 g/mol. The van der Waals surface area contributed by atoms with Crippen molar-refractivity contribution in [2.75, 3.05) is 6.26 Å². The van der Waals surface area contributed by atoms with E-state index in [1.54, 1.807) is 36.7 Å². The highest BCUT2D eigenvalue weighted by atomic mass is 32.2. The summed E-state index contributed by atoms with van der Waals surface area (Å²) in [4.78, 5) is 21.7. The lowest BCUT2D eigenvalue weighted by molar-refractivity contribution is -0.119. The number of hydrogen-bond acceptors (Lipinski definition) is 5. The van der Waals surface area contributed by atoms with Gasteiger partial charge in [-0.25, -0.2) is 12.8 Å². The SMILES string of the molecule is Cc1cnc(CC(=O)C(Cc2ccc(F)cc2)c2ccc(S(C)(=O)=O)cc2)cn1. The summed E-state index contributed by atoms with van der Waals surface area (Å²) in [6.07, 6.45) is 4.80. The number of benzene rings is 2. The minimum atomic E-state index is -3.33. The van der Waals surface area contributed by atoms with Gasteiger partial charge < -0.3 is 0 Å². The number of halogens is 1. The van der Waals surface area contributed by atoms with Gasteiger partial charge in [-0.15, -0.1) is 0 Å². The Kier molecular flexibility index (Phi) is 6.17. The molecule has 0 radical (unpaired) electrons. The van der Waals surface area contributed by atoms with Crippen LogP contribution in [0.2, 0.25) is 0 Å². The molecular formula is C22H21FN2O3S. The fourth-order valence-corrected chi connectivity index (χ4v) is 3.66. The standard InChI is InChI=1S/C22H21FN2O3S/c1-15-13-25-19(14-24-15)12-22(26)21(11-16-3-7-18(23)8-4-16)17-5-9-20(10-6-17)29(2,27)28/h3-10,13-14,21H,11-12H2,1-2H3. The minimum Gasteiger partial charge on any atom is -0.299 e. The van der Waals surface area contributed by atoms with Gasteiger partial charge in [0.1, 0.15) is 11.6 Å². The van der Waals surface area contributed by atoms with E-state index in [4.69, 9.17) is 0 Å². The Balaban J connectivity index is 1.90. The van der Waals surface area contributed by atoms with Crippen molar-refractivity contribution in [2.24, 2.45) is 0 Å². The fraction of sp³-hybridized carbons (Fsp3) is 0.227. The molecule has 0 aliphatic heterocycles. The first-order valence-corrected chi connectivity index (χ1v) is 11.0. The smallest absolute Gasteiger partial charge is 0.175 e. The summed E-state index contributed by atoms with van der Waals surface area (Å²) >= 11 is 0. The van der Waals surface area contributed by atoms with E-state index in [-0.39, 0.29) is 22.9 Å². The lowest BCUT2D eigenvalue weighted by Gasteiger charge is -2.17. The van der Waals surface area contributed by atoms with Crippen LogP contribution in [0.25, 0.3) is 0 Å². The second kappa shape index (κ2) is 8.61. The number of aryl methyl sites for hydroxylation is 1. The summed E-state index contributed by atoms with van der Waals surface area (Å²) in [5.74, 6) is -0.930. The molecule has 1 aromatic heterocycles. The van der Waals surface area contributed by atoms with Gasteiger partial charge in [0.15, 0.2) is 9.84 Å². The molecule has 0 spiro atoms. The van der Waals surface area contributed by atoms with Crippen molar-refractivity contribution >= 4 is 15.6 Å². The maximum absolute atomic E-state index is 13.2. The van der Waals surface area contributed by atoms with Crippen LogP contribution in [-0.4, -0.2) is 30.4 Å². The molecular weight excluding hydrogens is 391 g/mol. The van der Waals surface area contributed by atoms with E-state index in [0.717, 1.165) is 17.5 Å². The third-order valence-electron chi connectivity index (χ3n) is 4.64. The third kappa shape index (κ3) is 5.54. The molecule has 0 fully saturated rings. The normalized spacial score (nSPS) is 12.5. The van der Waals surface area contributed by atoms with Crippen molar-refractivity contribution in [3.05, 3.63) is 89.3 Å². The highest BCUT2D eigenvalue weighted by Crippen LogP contribution is 2.25. The predicted molar refractivity (Wildman–Crippen MR) is 108 cm³/mol. The lowest BCUT2D eigenvalue weighted by atomic mass is 9.86. The molecule has 29 heavy (non-hydrogen) atoms. The number of ketones is 1. The van der Waals surface area contributed by atoms with Crippen molar-refractivity contribution in [1.82, 2.24) is 9.97 Å². The van der Waals surface area contributed by atoms with E-state index in [0.29, 0.717) is 17.7 Å². The molecule has 5 nitrogen and oxygen atoms in total. The van der Waals surface area contributed by atoms with E-state index in [1.165, 1.54) is 24.3 Å². The Morgan fingerprint density at radius 1 is 1.00 bits per heavy atom. The van der Waals surface area contributed by atoms with Crippen molar-refractivity contribution in [1.29, 1.82) is 0 Å². The first-order chi connectivity index (χ1) is 13.7. The van der Waals surface area contributed by atoms with Crippen molar-refractivity contribution in [3.8, 4) is 0 Å². The first-order valence-electron chi connectivity index (χ1n) is 9.07. The van der Waals surface area contributed by atoms with Gasteiger partial charge in [-0.05, 0) is 48.7 Å². The largest absolute Gasteiger partial charge is 0.299 e. The topological polar surface area (TPSA) is 77.0 Å². The highest BCUT2D eigenvalue weighted by Gasteiger charge is 2.22. The number of hydrogen-bond donors (Lipinski definition) is 0. The average Bonchev–Trinajstić information content (AvgIpc) is 2.68. The number of sulfone groups is 1. The molecule has 3 aromatic rings. The number of carbonyl (C=O) groups excluding carboxylic acids is 1. The van der Waals surface area contributed by atoms with Crippen LogP contribution in [0.5, 0.6) is 0 Å². The maximum atomic E-state index is 13.2. The third-order valence-corrected chi connectivity index (χ3v) is 5.77. The molecule has 2 aromatic carbocycles. The second-order valence-corrected chi connectivity index (χ2v) is 9.03. The maximum Gasteiger partial charge on any atom is 0.175 e. The zero-order chi connectivity index (χ0) is 21.0. The van der Waals surface area contributed by atoms with Crippen LogP contribution in [0, 0.1) is 12.7 Å². The molecule has 0 saturated carbocycles. The number of carbonyl (C=O) groups is 1. The van der Waals surface area contributed by atoms with E-state index < -0.39 is 15.8 Å². The van der Waals surface area contributed by atoms with Gasteiger partial charge in [-0.2, -0.15) is 0 Å². The number of nitrogens with zero attached hydrogens (tertiary/aromatic N) is 2. The van der Waals surface area contributed by atoms with Gasteiger partial charge in [0.05, 0.1) is 22.7 Å². The summed E-state index contributed by atoms with van der Waals surface area (Å²) in [5, 5.41) is 0. The van der Waals surface area contributed by atoms with E-state index in [9.17, 15) is 17.6 Å². The summed E-state index contributed by atoms with van der Waals surface area (Å²) in [6.45, 7) is 1.82. The quantitative estimate of drug-likeness (QED) is 0.594. The number of aromatic nitrogens is 2. The summed E-state index contributed by atoms with van der Waals surface area (Å²) in [5.41, 5.74) is 2.84. The van der Waals surface area contributed by atoms with Crippen molar-refractivity contribution < 1.29 is 17.6 Å². The molecule has 0 bridgehead atoms. The molecule has 0 N–H and O–H groups in total. The van der Waals surface area contributed by atoms with Gasteiger partial charge in [-0.1, -0.05) is 24.3 Å². The van der Waals surface area contributed by atoms with Gasteiger partial charge >= 0.3 is 0 Å². The van der Waals surface area contributed by atoms with Gasteiger partial charge in [0, 0.05) is 24.6 Å². The van der Waals surface area contributed by atoms with Crippen LogP contribution in [0.1, 0.15) is 28.4 Å². The summed E-state index contributed by atoms with van der Waals surface area (Å²) < 4.78 is 36.7. The van der Waals surface area contributed by atoms with Crippen LogP contribution < -0.4 is 0 Å². The van der Waals surface area contributed by atoms with Crippen LogP contribution in [-0.2, 0) is 27.5 Å². The van der Waals surface area contributed by atoms with Crippen LogP contribution in [0.4, 0.5) is 4.39 Å². The van der Waals surface area contributed by atoms with Crippen molar-refractivity contribution in [2.45, 2.75) is 30.6 Å². The fourth-order valence-electron chi connectivity index (χ4n) is 3.03. The molecule has 0 saturated heterocycles. The molecule has 7 heteroatoms. The van der Waals surface area contributed by atoms with Crippen molar-refractivity contribution in [3.63, 3.8) is 0 Å². The number of rotatable bonds is 7. The predicted octanol–water partition coefficient (Wildman–Crippen LogP) is 3.47. The van der Waals surface area contributed by atoms with Crippen LogP contribution in [0.15, 0.2) is 65.8 Å². The molecule has 0 aliphatic carbocycles. The molecule has 1 atom stereocenters. The Morgan fingerprint density at radius 2 is 1.66 bits per heavy atom. The monoisotopic (exact) mass is 412 g/mol. The van der Waals surface area contributed by atoms with Gasteiger partial charge in [0.2, 0.25) is 0 Å². The Bertz CT molecular complexity index is 1090. The minimum absolute atomic E-state index is 0.0698. The Labute approximate surface area is 169 Å². The highest BCUT2D eigenvalue weighted by molar-refractivity contribution is 7.90. The van der Waals surface area contributed by atoms with E-state index >= 15 is 0 Å². The molecule has 150 valence electrons. The summed E-state index contributed by atoms with van der Waals surface area (Å²) in [7, 11) is -3.33. The van der Waals surface area contributed by atoms with Gasteiger partial charge in [-0.3, -0.25) is 14.8 Å². The Hall–Kier alpha value is -2.93. The van der Waals surface area contributed by atoms with Crippen LogP contribution in [0.3, 0.4) is 0 Å². The zero-order valence-corrected chi connectivity index (χ0v) is 17.0. The second-order valence-electron chi connectivity index (χ2n) is 7.02. The molecule has 0 aliphatic rings. The zero-order valence-electron chi connectivity index (χ0n) is 16.2. The van der Waals surface area contributed by atoms with E-state index in [2.05, 4.69) is 9.97 Å². The molecule has 1 unspecified atom stereocenters. The lowest BCUT2D eigenvalue weighted by Crippen LogP contribution is -2.18. The molecule has 1 heterocycles. The van der Waals surface area contributed by atoms with Crippen LogP contribution >= 0.6 is 0 Å². The molecule has 0 amide bonds. The Morgan fingerprint density at radius 3 is 2.21 bits per heavy atom.